The Hall–Kier alpha value is -1.61. The van der Waals surface area contributed by atoms with Crippen LogP contribution >= 0.6 is 23.8 Å². The molecule has 0 unspecified atom stereocenters. The molecule has 2 aliphatic heterocycles. The molecule has 9 heteroatoms. The van der Waals surface area contributed by atoms with E-state index in [9.17, 15) is 4.79 Å². The van der Waals surface area contributed by atoms with Gasteiger partial charge >= 0.3 is 0 Å². The maximum absolute atomic E-state index is 11.9. The zero-order valence-corrected chi connectivity index (χ0v) is 12.8. The van der Waals surface area contributed by atoms with E-state index in [0.29, 0.717) is 22.1 Å². The monoisotopic (exact) mass is 338 g/mol. The fourth-order valence-corrected chi connectivity index (χ4v) is 3.23. The van der Waals surface area contributed by atoms with Crippen LogP contribution in [0.3, 0.4) is 0 Å². The molecule has 0 amide bonds. The molecular weight excluding hydrogens is 328 g/mol. The molecule has 114 valence electrons. The molecule has 1 aromatic carbocycles. The molecule has 0 radical (unpaired) electrons. The second-order valence-corrected chi connectivity index (χ2v) is 5.92. The molecule has 0 saturated carbocycles. The number of hydrogen-bond acceptors (Lipinski definition) is 6. The van der Waals surface area contributed by atoms with Crippen molar-refractivity contribution >= 4 is 29.6 Å². The number of para-hydroxylation sites is 1. The Balaban J connectivity index is 1.75. The Bertz CT molecular complexity index is 805. The summed E-state index contributed by atoms with van der Waals surface area (Å²) in [4.78, 5) is 11.9. The van der Waals surface area contributed by atoms with E-state index in [1.807, 2.05) is 12.1 Å². The molecule has 0 aliphatic carbocycles. The van der Waals surface area contributed by atoms with E-state index in [-0.39, 0.29) is 24.3 Å². The molecular formula is C13H11ClN4O3S. The highest BCUT2D eigenvalue weighted by atomic mass is 35.5. The van der Waals surface area contributed by atoms with Crippen LogP contribution in [0.4, 0.5) is 0 Å². The summed E-state index contributed by atoms with van der Waals surface area (Å²) in [5.74, 6) is -0.104. The number of carbonyl (C=O) groups is 1. The highest BCUT2D eigenvalue weighted by Gasteiger charge is 2.45. The molecule has 1 aromatic heterocycles. The maximum Gasteiger partial charge on any atom is 0.221 e. The number of benzene rings is 1. The highest BCUT2D eigenvalue weighted by molar-refractivity contribution is 7.71. The molecule has 2 aromatic rings. The quantitative estimate of drug-likeness (QED) is 0.776. The van der Waals surface area contributed by atoms with Crippen molar-refractivity contribution in [1.82, 2.24) is 19.8 Å². The Morgan fingerprint density at radius 3 is 2.95 bits per heavy atom. The minimum atomic E-state index is -0.742. The van der Waals surface area contributed by atoms with E-state index in [1.165, 1.54) is 9.36 Å². The van der Waals surface area contributed by atoms with Gasteiger partial charge in [0.1, 0.15) is 6.10 Å². The fraction of sp³-hybridized carbons (Fsp3) is 0.385. The zero-order chi connectivity index (χ0) is 15.3. The van der Waals surface area contributed by atoms with E-state index >= 15 is 0 Å². The van der Waals surface area contributed by atoms with Crippen molar-refractivity contribution in [3.8, 4) is 5.69 Å². The summed E-state index contributed by atoms with van der Waals surface area (Å²) in [6.45, 7) is 0.349. The van der Waals surface area contributed by atoms with E-state index < -0.39 is 6.29 Å². The van der Waals surface area contributed by atoms with Gasteiger partial charge in [-0.3, -0.25) is 4.79 Å². The Labute approximate surface area is 135 Å². The number of rotatable bonds is 2. The SMILES string of the molecule is O=C1C[C@H](n2nnn(-c3ccccc3Cl)c2=S)[C@@H]2CO[C@H]1O2. The van der Waals surface area contributed by atoms with Crippen LogP contribution in [0, 0.1) is 4.77 Å². The van der Waals surface area contributed by atoms with E-state index in [0.717, 1.165) is 0 Å². The smallest absolute Gasteiger partial charge is 0.221 e. The summed E-state index contributed by atoms with van der Waals surface area (Å²) in [5, 5.41) is 8.67. The number of ketones is 1. The summed E-state index contributed by atoms with van der Waals surface area (Å²) >= 11 is 11.6. The molecule has 0 spiro atoms. The van der Waals surface area contributed by atoms with Gasteiger partial charge in [0.25, 0.3) is 0 Å². The predicted molar refractivity (Wildman–Crippen MR) is 78.5 cm³/mol. The molecule has 2 saturated heterocycles. The van der Waals surface area contributed by atoms with Gasteiger partial charge in [0.2, 0.25) is 11.1 Å². The maximum atomic E-state index is 11.9. The Morgan fingerprint density at radius 2 is 2.14 bits per heavy atom. The molecule has 3 atom stereocenters. The summed E-state index contributed by atoms with van der Waals surface area (Å²) in [7, 11) is 0. The zero-order valence-electron chi connectivity index (χ0n) is 11.3. The van der Waals surface area contributed by atoms with Crippen molar-refractivity contribution in [3.05, 3.63) is 34.1 Å². The van der Waals surface area contributed by atoms with Crippen LogP contribution in [-0.4, -0.2) is 44.6 Å². The van der Waals surface area contributed by atoms with E-state index in [1.54, 1.807) is 12.1 Å². The van der Waals surface area contributed by atoms with Gasteiger partial charge in [-0.2, -0.15) is 4.68 Å². The van der Waals surface area contributed by atoms with Crippen molar-refractivity contribution in [2.24, 2.45) is 0 Å². The van der Waals surface area contributed by atoms with Crippen LogP contribution in [0.5, 0.6) is 0 Å². The lowest BCUT2D eigenvalue weighted by Crippen LogP contribution is -2.37. The van der Waals surface area contributed by atoms with Gasteiger partial charge in [-0.25, -0.2) is 4.68 Å². The number of aromatic nitrogens is 4. The third-order valence-corrected chi connectivity index (χ3v) is 4.49. The lowest BCUT2D eigenvalue weighted by atomic mass is 10.0. The molecule has 2 fully saturated rings. The normalized spacial score (nSPS) is 27.3. The first kappa shape index (κ1) is 14.0. The molecule has 2 bridgehead atoms. The second kappa shape index (κ2) is 5.24. The van der Waals surface area contributed by atoms with Crippen molar-refractivity contribution in [2.75, 3.05) is 6.61 Å². The highest BCUT2D eigenvalue weighted by Crippen LogP contribution is 2.32. The molecule has 22 heavy (non-hydrogen) atoms. The molecule has 3 heterocycles. The fourth-order valence-electron chi connectivity index (χ4n) is 2.71. The average Bonchev–Trinajstić information content (AvgIpc) is 3.10. The third kappa shape index (κ3) is 2.11. The summed E-state index contributed by atoms with van der Waals surface area (Å²) < 4.78 is 14.2. The average molecular weight is 339 g/mol. The number of carbonyl (C=O) groups excluding carboxylic acids is 1. The number of ether oxygens (including phenoxy) is 2. The van der Waals surface area contributed by atoms with Crippen LogP contribution in [-0.2, 0) is 14.3 Å². The number of Topliss-reactive ketones (excluding diaryl/α,β-unsaturated/α-hetero) is 1. The van der Waals surface area contributed by atoms with Crippen LogP contribution in [0.15, 0.2) is 24.3 Å². The summed E-state index contributed by atoms with van der Waals surface area (Å²) in [6, 6.07) is 6.90. The number of tetrazole rings is 1. The van der Waals surface area contributed by atoms with Gasteiger partial charge in [0.15, 0.2) is 5.78 Å². The van der Waals surface area contributed by atoms with Gasteiger partial charge in [-0.15, -0.1) is 0 Å². The van der Waals surface area contributed by atoms with E-state index in [2.05, 4.69) is 10.4 Å². The molecule has 0 N–H and O–H groups in total. The standard InChI is InChI=1S/C13H11ClN4O3S/c14-7-3-1-2-4-8(7)17-13(22)18(16-15-17)9-5-10(19)12-20-6-11(9)21-12/h1-4,9,11-12H,5-6H2/t9-,11-,12-/m0/s1. The summed E-state index contributed by atoms with van der Waals surface area (Å²) in [5.41, 5.74) is 0.643. The minimum absolute atomic E-state index is 0.104. The summed E-state index contributed by atoms with van der Waals surface area (Å²) in [6.07, 6.45) is -0.718. The van der Waals surface area contributed by atoms with Crippen LogP contribution in [0.2, 0.25) is 5.02 Å². The molecule has 2 aliphatic rings. The lowest BCUT2D eigenvalue weighted by Gasteiger charge is -2.25. The first-order valence-electron chi connectivity index (χ1n) is 6.74. The first-order chi connectivity index (χ1) is 10.6. The van der Waals surface area contributed by atoms with Crippen molar-refractivity contribution in [2.45, 2.75) is 24.9 Å². The topological polar surface area (TPSA) is 71.2 Å². The third-order valence-electron chi connectivity index (χ3n) is 3.81. The Morgan fingerprint density at radius 1 is 1.32 bits per heavy atom. The first-order valence-corrected chi connectivity index (χ1v) is 7.53. The molecule has 7 nitrogen and oxygen atoms in total. The lowest BCUT2D eigenvalue weighted by molar-refractivity contribution is -0.156. The largest absolute Gasteiger partial charge is 0.343 e. The predicted octanol–water partition coefficient (Wildman–Crippen LogP) is 1.71. The van der Waals surface area contributed by atoms with Crippen molar-refractivity contribution in [3.63, 3.8) is 0 Å². The minimum Gasteiger partial charge on any atom is -0.343 e. The van der Waals surface area contributed by atoms with Gasteiger partial charge in [-0.1, -0.05) is 23.7 Å². The van der Waals surface area contributed by atoms with Gasteiger partial charge in [0, 0.05) is 6.42 Å². The number of fused-ring (bicyclic) bond motifs is 2. The van der Waals surface area contributed by atoms with Gasteiger partial charge in [-0.05, 0) is 34.8 Å². The van der Waals surface area contributed by atoms with Gasteiger partial charge in [0.05, 0.1) is 23.4 Å². The van der Waals surface area contributed by atoms with Crippen molar-refractivity contribution in [1.29, 1.82) is 0 Å². The number of hydrogen-bond donors (Lipinski definition) is 0. The number of nitrogens with zero attached hydrogens (tertiary/aromatic N) is 4. The van der Waals surface area contributed by atoms with Crippen molar-refractivity contribution < 1.29 is 14.3 Å². The second-order valence-electron chi connectivity index (χ2n) is 5.15. The molecule has 4 rings (SSSR count). The van der Waals surface area contributed by atoms with E-state index in [4.69, 9.17) is 33.3 Å². The van der Waals surface area contributed by atoms with Crippen LogP contribution in [0.1, 0.15) is 12.5 Å². The Kier molecular flexibility index (Phi) is 3.33. The van der Waals surface area contributed by atoms with Crippen LogP contribution in [0.25, 0.3) is 5.69 Å². The number of halogens is 1. The van der Waals surface area contributed by atoms with Crippen LogP contribution < -0.4 is 0 Å². The van der Waals surface area contributed by atoms with Gasteiger partial charge < -0.3 is 9.47 Å².